The second-order valence-electron chi connectivity index (χ2n) is 2.84. The van der Waals surface area contributed by atoms with Crippen LogP contribution in [-0.4, -0.2) is 36.5 Å². The maximum atomic E-state index is 11.1. The van der Waals surface area contributed by atoms with Gasteiger partial charge in [-0.25, -0.2) is 0 Å². The summed E-state index contributed by atoms with van der Waals surface area (Å²) in [6.07, 6.45) is 1.37. The first kappa shape index (κ1) is 8.27. The van der Waals surface area contributed by atoms with E-state index in [0.717, 1.165) is 19.6 Å². The van der Waals surface area contributed by atoms with Gasteiger partial charge in [0.2, 0.25) is 5.91 Å². The molecule has 1 aliphatic rings. The smallest absolute Gasteiger partial charge is 0.246 e. The van der Waals surface area contributed by atoms with Crippen molar-refractivity contribution in [1.29, 1.82) is 0 Å². The lowest BCUT2D eigenvalue weighted by atomic mass is 10.2. The first-order valence-electron chi connectivity index (χ1n) is 3.88. The molecular weight excluding hydrogens is 140 g/mol. The second kappa shape index (κ2) is 3.53. The number of carbonyl (C=O) groups excluding carboxylic acids is 1. The summed E-state index contributed by atoms with van der Waals surface area (Å²) in [6.45, 7) is 8.01. The zero-order valence-electron chi connectivity index (χ0n) is 6.84. The molecule has 3 nitrogen and oxygen atoms in total. The van der Waals surface area contributed by atoms with Crippen molar-refractivity contribution in [2.24, 2.45) is 0 Å². The monoisotopic (exact) mass is 154 g/mol. The molecule has 11 heavy (non-hydrogen) atoms. The Kier molecular flexibility index (Phi) is 2.65. The molecule has 3 heteroatoms. The third-order valence-corrected chi connectivity index (χ3v) is 1.86. The van der Waals surface area contributed by atoms with Crippen molar-refractivity contribution < 1.29 is 4.79 Å². The van der Waals surface area contributed by atoms with Crippen LogP contribution >= 0.6 is 0 Å². The van der Waals surface area contributed by atoms with Gasteiger partial charge in [0.05, 0.1) is 0 Å². The first-order chi connectivity index (χ1) is 5.24. The van der Waals surface area contributed by atoms with E-state index in [-0.39, 0.29) is 5.91 Å². The highest BCUT2D eigenvalue weighted by atomic mass is 16.2. The molecule has 1 amide bonds. The van der Waals surface area contributed by atoms with Gasteiger partial charge < -0.3 is 10.2 Å². The second-order valence-corrected chi connectivity index (χ2v) is 2.84. The highest BCUT2D eigenvalue weighted by molar-refractivity contribution is 5.87. The fourth-order valence-electron chi connectivity index (χ4n) is 1.26. The molecule has 0 unspecified atom stereocenters. The largest absolute Gasteiger partial charge is 0.336 e. The first-order valence-corrected chi connectivity index (χ1v) is 3.88. The molecule has 62 valence electrons. The predicted molar refractivity (Wildman–Crippen MR) is 44.2 cm³/mol. The number of hydrogen-bond acceptors (Lipinski definition) is 2. The van der Waals surface area contributed by atoms with Gasteiger partial charge in [-0.05, 0) is 13.0 Å². The fourth-order valence-corrected chi connectivity index (χ4v) is 1.26. The SMILES string of the molecule is C=CC(=O)N1CCN[C@@H](C)C1. The minimum absolute atomic E-state index is 0.0401. The minimum Gasteiger partial charge on any atom is -0.336 e. The molecule has 1 heterocycles. The molecule has 0 radical (unpaired) electrons. The van der Waals surface area contributed by atoms with Crippen LogP contribution in [0.3, 0.4) is 0 Å². The van der Waals surface area contributed by atoms with E-state index in [1.165, 1.54) is 6.08 Å². The average molecular weight is 154 g/mol. The summed E-state index contributed by atoms with van der Waals surface area (Å²) < 4.78 is 0. The summed E-state index contributed by atoms with van der Waals surface area (Å²) in [5.74, 6) is 0.0401. The lowest BCUT2D eigenvalue weighted by Gasteiger charge is -2.30. The van der Waals surface area contributed by atoms with Gasteiger partial charge in [-0.3, -0.25) is 4.79 Å². The summed E-state index contributed by atoms with van der Waals surface area (Å²) in [4.78, 5) is 12.9. The van der Waals surface area contributed by atoms with Crippen LogP contribution in [0.1, 0.15) is 6.92 Å². The number of nitrogens with one attached hydrogen (secondary N) is 1. The molecule has 0 aromatic heterocycles. The number of nitrogens with zero attached hydrogens (tertiary/aromatic N) is 1. The molecule has 1 fully saturated rings. The standard InChI is InChI=1S/C8H14N2O/c1-3-8(11)10-5-4-9-7(2)6-10/h3,7,9H,1,4-6H2,2H3/t7-/m0/s1. The van der Waals surface area contributed by atoms with Gasteiger partial charge in [-0.1, -0.05) is 6.58 Å². The Labute approximate surface area is 67.1 Å². The van der Waals surface area contributed by atoms with E-state index in [9.17, 15) is 4.79 Å². The molecule has 1 saturated heterocycles. The third kappa shape index (κ3) is 2.05. The van der Waals surface area contributed by atoms with E-state index in [2.05, 4.69) is 18.8 Å². The third-order valence-electron chi connectivity index (χ3n) is 1.86. The van der Waals surface area contributed by atoms with Crippen molar-refractivity contribution in [2.45, 2.75) is 13.0 Å². The Hall–Kier alpha value is -0.830. The van der Waals surface area contributed by atoms with Gasteiger partial charge in [-0.15, -0.1) is 0 Å². The zero-order chi connectivity index (χ0) is 8.27. The predicted octanol–water partition coefficient (Wildman–Crippen LogP) is -0.00730. The van der Waals surface area contributed by atoms with E-state index in [4.69, 9.17) is 0 Å². The molecule has 0 aliphatic carbocycles. The van der Waals surface area contributed by atoms with E-state index in [0.29, 0.717) is 6.04 Å². The van der Waals surface area contributed by atoms with E-state index < -0.39 is 0 Å². The Morgan fingerprint density at radius 3 is 3.09 bits per heavy atom. The molecule has 1 N–H and O–H groups in total. The molecule has 1 aliphatic heterocycles. The number of rotatable bonds is 1. The summed E-state index contributed by atoms with van der Waals surface area (Å²) >= 11 is 0. The van der Waals surface area contributed by atoms with E-state index >= 15 is 0 Å². The van der Waals surface area contributed by atoms with Crippen LogP contribution in [0.4, 0.5) is 0 Å². The van der Waals surface area contributed by atoms with Crippen molar-refractivity contribution in [3.63, 3.8) is 0 Å². The average Bonchev–Trinajstić information content (AvgIpc) is 2.03. The van der Waals surface area contributed by atoms with E-state index in [1.807, 2.05) is 4.90 Å². The lowest BCUT2D eigenvalue weighted by Crippen LogP contribution is -2.50. The Balaban J connectivity index is 2.45. The zero-order valence-corrected chi connectivity index (χ0v) is 6.84. The summed E-state index contributed by atoms with van der Waals surface area (Å²) in [6, 6.07) is 0.410. The van der Waals surface area contributed by atoms with Crippen molar-refractivity contribution in [3.05, 3.63) is 12.7 Å². The quantitative estimate of drug-likeness (QED) is 0.539. The number of amides is 1. The molecule has 0 bridgehead atoms. The highest BCUT2D eigenvalue weighted by Gasteiger charge is 2.17. The molecule has 1 rings (SSSR count). The van der Waals surface area contributed by atoms with Gasteiger partial charge in [0.25, 0.3) is 0 Å². The van der Waals surface area contributed by atoms with Crippen molar-refractivity contribution >= 4 is 5.91 Å². The Morgan fingerprint density at radius 1 is 1.82 bits per heavy atom. The molecule has 0 spiro atoms. The van der Waals surface area contributed by atoms with Gasteiger partial charge in [0.15, 0.2) is 0 Å². The van der Waals surface area contributed by atoms with Crippen LogP contribution in [-0.2, 0) is 4.79 Å². The normalized spacial score (nSPS) is 24.8. The summed E-state index contributed by atoms with van der Waals surface area (Å²) in [5.41, 5.74) is 0. The van der Waals surface area contributed by atoms with Gasteiger partial charge >= 0.3 is 0 Å². The molecule has 0 saturated carbocycles. The minimum atomic E-state index is 0.0401. The van der Waals surface area contributed by atoms with Crippen LogP contribution in [0.2, 0.25) is 0 Å². The van der Waals surface area contributed by atoms with Crippen LogP contribution in [0, 0.1) is 0 Å². The van der Waals surface area contributed by atoms with Crippen molar-refractivity contribution in [3.8, 4) is 0 Å². The van der Waals surface area contributed by atoms with Gasteiger partial charge in [-0.2, -0.15) is 0 Å². The summed E-state index contributed by atoms with van der Waals surface area (Å²) in [7, 11) is 0. The fraction of sp³-hybridized carbons (Fsp3) is 0.625. The maximum absolute atomic E-state index is 11.1. The van der Waals surface area contributed by atoms with Crippen molar-refractivity contribution in [2.75, 3.05) is 19.6 Å². The molecule has 0 aromatic carbocycles. The Bertz CT molecular complexity index is 167. The molecule has 0 aromatic rings. The van der Waals surface area contributed by atoms with E-state index in [1.54, 1.807) is 0 Å². The van der Waals surface area contributed by atoms with Gasteiger partial charge in [0.1, 0.15) is 0 Å². The maximum Gasteiger partial charge on any atom is 0.246 e. The molecule has 1 atom stereocenters. The number of piperazine rings is 1. The van der Waals surface area contributed by atoms with Crippen molar-refractivity contribution in [1.82, 2.24) is 10.2 Å². The summed E-state index contributed by atoms with van der Waals surface area (Å²) in [5, 5.41) is 3.26. The van der Waals surface area contributed by atoms with Crippen LogP contribution in [0.5, 0.6) is 0 Å². The van der Waals surface area contributed by atoms with Gasteiger partial charge in [0, 0.05) is 25.7 Å². The van der Waals surface area contributed by atoms with Crippen LogP contribution in [0.25, 0.3) is 0 Å². The molecular formula is C8H14N2O. The van der Waals surface area contributed by atoms with Crippen LogP contribution < -0.4 is 5.32 Å². The highest BCUT2D eigenvalue weighted by Crippen LogP contribution is 1.98. The lowest BCUT2D eigenvalue weighted by molar-refractivity contribution is -0.127. The Morgan fingerprint density at radius 2 is 2.55 bits per heavy atom. The van der Waals surface area contributed by atoms with Crippen LogP contribution in [0.15, 0.2) is 12.7 Å². The number of hydrogen-bond donors (Lipinski definition) is 1. The topological polar surface area (TPSA) is 32.3 Å². The number of carbonyl (C=O) groups is 1.